The normalized spacial score (nSPS) is 13.0. The first-order valence-electron chi connectivity index (χ1n) is 6.92. The van der Waals surface area contributed by atoms with Gasteiger partial charge in [0, 0.05) is 28.9 Å². The fraction of sp³-hybridized carbons (Fsp3) is 0.250. The van der Waals surface area contributed by atoms with Gasteiger partial charge in [-0.25, -0.2) is 13.1 Å². The van der Waals surface area contributed by atoms with Gasteiger partial charge in [0.15, 0.2) is 0 Å². The molecule has 2 aromatic carbocycles. The highest BCUT2D eigenvalue weighted by molar-refractivity contribution is 7.89. The molecule has 1 unspecified atom stereocenters. The Labute approximate surface area is 134 Å². The smallest absolute Gasteiger partial charge is 0.240 e. The zero-order valence-electron chi connectivity index (χ0n) is 12.4. The van der Waals surface area contributed by atoms with E-state index in [2.05, 4.69) is 4.72 Å². The van der Waals surface area contributed by atoms with E-state index >= 15 is 0 Å². The predicted molar refractivity (Wildman–Crippen MR) is 89.5 cm³/mol. The summed E-state index contributed by atoms with van der Waals surface area (Å²) in [6.07, 6.45) is 0. The van der Waals surface area contributed by atoms with Gasteiger partial charge in [-0.2, -0.15) is 0 Å². The van der Waals surface area contributed by atoms with E-state index in [0.717, 1.165) is 11.1 Å². The van der Waals surface area contributed by atoms with Gasteiger partial charge in [0.2, 0.25) is 10.0 Å². The second-order valence-corrected chi connectivity index (χ2v) is 8.33. The average Bonchev–Trinajstić information content (AvgIpc) is 2.48. The third-order valence-electron chi connectivity index (χ3n) is 3.12. The minimum Gasteiger partial charge on any atom is -0.259 e. The molecular weight excluding hydrogens is 318 g/mol. The van der Waals surface area contributed by atoms with Crippen LogP contribution in [0.4, 0.5) is 0 Å². The van der Waals surface area contributed by atoms with Gasteiger partial charge in [0.25, 0.3) is 0 Å². The lowest BCUT2D eigenvalue weighted by molar-refractivity contribution is 0.584. The van der Waals surface area contributed by atoms with Crippen molar-refractivity contribution in [3.8, 4) is 0 Å². The molecule has 0 aliphatic carbocycles. The van der Waals surface area contributed by atoms with E-state index in [9.17, 15) is 12.6 Å². The summed E-state index contributed by atoms with van der Waals surface area (Å²) in [4.78, 5) is 0.229. The lowest BCUT2D eigenvalue weighted by atomic mass is 10.2. The molecule has 0 saturated heterocycles. The van der Waals surface area contributed by atoms with Crippen molar-refractivity contribution in [2.24, 2.45) is 0 Å². The second kappa shape index (κ2) is 7.67. The fourth-order valence-corrected chi connectivity index (χ4v) is 4.12. The summed E-state index contributed by atoms with van der Waals surface area (Å²) in [6.45, 7) is 2.06. The summed E-state index contributed by atoms with van der Waals surface area (Å²) in [5.41, 5.74) is 1.99. The van der Waals surface area contributed by atoms with Crippen molar-refractivity contribution in [3.05, 3.63) is 65.7 Å². The van der Waals surface area contributed by atoms with Crippen LogP contribution in [0.15, 0.2) is 59.5 Å². The van der Waals surface area contributed by atoms with Crippen LogP contribution in [0.25, 0.3) is 0 Å². The van der Waals surface area contributed by atoms with E-state index in [-0.39, 0.29) is 11.4 Å². The first-order chi connectivity index (χ1) is 10.5. The van der Waals surface area contributed by atoms with Crippen LogP contribution >= 0.6 is 0 Å². The molecule has 0 spiro atoms. The lowest BCUT2D eigenvalue weighted by Gasteiger charge is -2.07. The highest BCUT2D eigenvalue weighted by atomic mass is 32.2. The van der Waals surface area contributed by atoms with Crippen LogP contribution in [0.5, 0.6) is 0 Å². The van der Waals surface area contributed by atoms with Crippen LogP contribution in [0.2, 0.25) is 0 Å². The number of nitrogens with one attached hydrogen (secondary N) is 1. The molecule has 2 aromatic rings. The second-order valence-electron chi connectivity index (χ2n) is 4.98. The molecular formula is C16H19NO3S2. The van der Waals surface area contributed by atoms with E-state index in [1.54, 1.807) is 24.3 Å². The zero-order valence-corrected chi connectivity index (χ0v) is 14.0. The first-order valence-corrected chi connectivity index (χ1v) is 9.90. The van der Waals surface area contributed by atoms with Crippen molar-refractivity contribution in [2.45, 2.75) is 17.6 Å². The molecule has 0 radical (unpaired) electrons. The van der Waals surface area contributed by atoms with Gasteiger partial charge in [0.05, 0.1) is 4.90 Å². The van der Waals surface area contributed by atoms with Crippen molar-refractivity contribution in [1.29, 1.82) is 0 Å². The maximum absolute atomic E-state index is 12.1. The highest BCUT2D eigenvalue weighted by Gasteiger charge is 2.13. The Balaban J connectivity index is 1.85. The molecule has 1 atom stereocenters. The van der Waals surface area contributed by atoms with E-state index in [1.165, 1.54) is 0 Å². The molecule has 0 heterocycles. The third-order valence-corrected chi connectivity index (χ3v) is 5.92. The molecule has 6 heteroatoms. The van der Waals surface area contributed by atoms with Crippen LogP contribution in [0, 0.1) is 6.92 Å². The van der Waals surface area contributed by atoms with E-state index in [4.69, 9.17) is 0 Å². The summed E-state index contributed by atoms with van der Waals surface area (Å²) in [5, 5.41) is 0. The molecule has 2 rings (SSSR count). The standard InChI is InChI=1S/C16H19NO3S2/c1-14-7-9-16(10-8-14)22(19,20)17-11-12-21(18)13-15-5-3-2-4-6-15/h2-10,17H,11-13H2,1H3. The van der Waals surface area contributed by atoms with Gasteiger partial charge in [-0.05, 0) is 24.6 Å². The quantitative estimate of drug-likeness (QED) is 0.843. The van der Waals surface area contributed by atoms with Gasteiger partial charge in [-0.15, -0.1) is 0 Å². The monoisotopic (exact) mass is 337 g/mol. The third kappa shape index (κ3) is 5.05. The molecule has 0 saturated carbocycles. The van der Waals surface area contributed by atoms with Crippen molar-refractivity contribution in [1.82, 2.24) is 4.72 Å². The Morgan fingerprint density at radius 3 is 2.27 bits per heavy atom. The molecule has 4 nitrogen and oxygen atoms in total. The Morgan fingerprint density at radius 2 is 1.64 bits per heavy atom. The van der Waals surface area contributed by atoms with Gasteiger partial charge in [0.1, 0.15) is 0 Å². The van der Waals surface area contributed by atoms with E-state index < -0.39 is 20.8 Å². The molecule has 0 bridgehead atoms. The van der Waals surface area contributed by atoms with Crippen molar-refractivity contribution in [3.63, 3.8) is 0 Å². The van der Waals surface area contributed by atoms with Crippen LogP contribution in [-0.4, -0.2) is 24.9 Å². The van der Waals surface area contributed by atoms with Gasteiger partial charge in [-0.3, -0.25) is 4.21 Å². The Bertz CT molecular complexity index is 726. The van der Waals surface area contributed by atoms with E-state index in [1.807, 2.05) is 37.3 Å². The first kappa shape index (κ1) is 16.9. The Hall–Kier alpha value is -1.50. The highest BCUT2D eigenvalue weighted by Crippen LogP contribution is 2.09. The van der Waals surface area contributed by atoms with Crippen LogP contribution in [0.3, 0.4) is 0 Å². The number of rotatable bonds is 7. The minimum atomic E-state index is -3.53. The summed E-state index contributed by atoms with van der Waals surface area (Å²) in [7, 11) is -4.62. The maximum atomic E-state index is 12.1. The Morgan fingerprint density at radius 1 is 1.00 bits per heavy atom. The van der Waals surface area contributed by atoms with Gasteiger partial charge >= 0.3 is 0 Å². The van der Waals surface area contributed by atoms with Crippen LogP contribution in [-0.2, 0) is 26.6 Å². The molecule has 1 N–H and O–H groups in total. The number of hydrogen-bond acceptors (Lipinski definition) is 3. The summed E-state index contributed by atoms with van der Waals surface area (Å²) >= 11 is 0. The number of hydrogen-bond donors (Lipinski definition) is 1. The number of sulfonamides is 1. The van der Waals surface area contributed by atoms with Crippen molar-refractivity contribution in [2.75, 3.05) is 12.3 Å². The molecule has 0 fully saturated rings. The molecule has 22 heavy (non-hydrogen) atoms. The van der Waals surface area contributed by atoms with E-state index in [0.29, 0.717) is 11.5 Å². The lowest BCUT2D eigenvalue weighted by Crippen LogP contribution is -2.28. The largest absolute Gasteiger partial charge is 0.259 e. The Kier molecular flexibility index (Phi) is 5.88. The summed E-state index contributed by atoms with van der Waals surface area (Å²) in [6, 6.07) is 16.2. The number of aryl methyl sites for hydroxylation is 1. The minimum absolute atomic E-state index is 0.162. The zero-order chi connectivity index (χ0) is 16.0. The molecule has 0 aliphatic rings. The van der Waals surface area contributed by atoms with Crippen LogP contribution < -0.4 is 4.72 Å². The topological polar surface area (TPSA) is 63.2 Å². The van der Waals surface area contributed by atoms with Crippen LogP contribution in [0.1, 0.15) is 11.1 Å². The molecule has 0 amide bonds. The van der Waals surface area contributed by atoms with Crippen molar-refractivity contribution >= 4 is 20.8 Å². The maximum Gasteiger partial charge on any atom is 0.240 e. The fourth-order valence-electron chi connectivity index (χ4n) is 1.92. The molecule has 118 valence electrons. The van der Waals surface area contributed by atoms with Gasteiger partial charge in [-0.1, -0.05) is 48.0 Å². The molecule has 0 aliphatic heterocycles. The SMILES string of the molecule is Cc1ccc(S(=O)(=O)NCCS(=O)Cc2ccccc2)cc1. The van der Waals surface area contributed by atoms with Crippen molar-refractivity contribution < 1.29 is 12.6 Å². The number of benzene rings is 2. The average molecular weight is 337 g/mol. The predicted octanol–water partition coefficient (Wildman–Crippen LogP) is 2.22. The summed E-state index contributed by atoms with van der Waals surface area (Å²) < 4.78 is 38.6. The van der Waals surface area contributed by atoms with Gasteiger partial charge < -0.3 is 0 Å². The summed E-state index contributed by atoms with van der Waals surface area (Å²) in [5.74, 6) is 0.729. The molecule has 0 aromatic heterocycles.